The summed E-state index contributed by atoms with van der Waals surface area (Å²) < 4.78 is 6.66. The predicted octanol–water partition coefficient (Wildman–Crippen LogP) is 3.08. The first-order valence-corrected chi connectivity index (χ1v) is 7.50. The second-order valence-electron chi connectivity index (χ2n) is 5.14. The first-order chi connectivity index (χ1) is 11.2. The molecule has 4 heteroatoms. The number of ether oxygens (including phenoxy) is 1. The van der Waals surface area contributed by atoms with Crippen molar-refractivity contribution in [2.75, 3.05) is 7.11 Å². The molecule has 0 aliphatic carbocycles. The quantitative estimate of drug-likeness (QED) is 0.468. The van der Waals surface area contributed by atoms with Gasteiger partial charge in [0.15, 0.2) is 12.4 Å². The first-order valence-electron chi connectivity index (χ1n) is 7.50. The van der Waals surface area contributed by atoms with E-state index >= 15 is 0 Å². The van der Waals surface area contributed by atoms with Gasteiger partial charge >= 0.3 is 5.97 Å². The van der Waals surface area contributed by atoms with E-state index in [9.17, 15) is 9.59 Å². The molecule has 1 aromatic carbocycles. The van der Waals surface area contributed by atoms with Crippen molar-refractivity contribution in [1.29, 1.82) is 0 Å². The fraction of sp³-hybridized carbons (Fsp3) is 0.211. The van der Waals surface area contributed by atoms with Crippen LogP contribution in [0.4, 0.5) is 0 Å². The summed E-state index contributed by atoms with van der Waals surface area (Å²) in [5.74, 6) is -0.240. The third-order valence-corrected chi connectivity index (χ3v) is 3.64. The van der Waals surface area contributed by atoms with Crippen molar-refractivity contribution in [3.8, 4) is 0 Å². The molecule has 0 saturated carbocycles. The van der Waals surface area contributed by atoms with Crippen molar-refractivity contribution in [2.24, 2.45) is 0 Å². The van der Waals surface area contributed by atoms with E-state index in [1.54, 1.807) is 12.1 Å². The number of rotatable bonds is 6. The lowest BCUT2D eigenvalue weighted by Gasteiger charge is -2.07. The third-order valence-electron chi connectivity index (χ3n) is 3.64. The Morgan fingerprint density at radius 2 is 1.57 bits per heavy atom. The maximum absolute atomic E-state index is 11.7. The van der Waals surface area contributed by atoms with Crippen LogP contribution in [-0.4, -0.2) is 19.4 Å². The number of hydrogen-bond donors (Lipinski definition) is 0. The lowest BCUT2D eigenvalue weighted by molar-refractivity contribution is -0.711. The van der Waals surface area contributed by atoms with Crippen LogP contribution in [-0.2, 0) is 9.53 Å². The monoisotopic (exact) mass is 310 g/mol. The number of esters is 1. The molecule has 0 spiro atoms. The maximum Gasteiger partial charge on any atom is 0.375 e. The molecule has 118 valence electrons. The molecule has 1 aromatic heterocycles. The number of aromatic nitrogens is 1. The second kappa shape index (κ2) is 8.03. The Balaban J connectivity index is 2.10. The molecule has 0 N–H and O–H groups in total. The highest BCUT2D eigenvalue weighted by atomic mass is 16.5. The van der Waals surface area contributed by atoms with E-state index in [0.29, 0.717) is 12.0 Å². The number of nitrogens with zero attached hydrogens (tertiary/aromatic N) is 1. The molecular weight excluding hydrogens is 290 g/mol. The van der Waals surface area contributed by atoms with E-state index in [2.05, 4.69) is 0 Å². The van der Waals surface area contributed by atoms with Crippen LogP contribution in [0.2, 0.25) is 0 Å². The minimum atomic E-state index is -0.297. The van der Waals surface area contributed by atoms with Crippen LogP contribution < -0.4 is 4.57 Å². The fourth-order valence-corrected chi connectivity index (χ4v) is 2.28. The zero-order valence-electron chi connectivity index (χ0n) is 13.3. The highest BCUT2D eigenvalue weighted by Gasteiger charge is 2.25. The van der Waals surface area contributed by atoms with Crippen molar-refractivity contribution in [3.05, 3.63) is 65.5 Å². The Kier molecular flexibility index (Phi) is 5.80. The molecule has 0 amide bonds. The number of methoxy groups -OCH3 is 1. The number of benzene rings is 1. The SMILES string of the molecule is CCC(C(=O)OC)[n+]1ccc(/C=C/c2ccc(C=O)cc2)cc1. The Morgan fingerprint density at radius 3 is 2.04 bits per heavy atom. The zero-order chi connectivity index (χ0) is 16.7. The number of aldehydes is 1. The summed E-state index contributed by atoms with van der Waals surface area (Å²) in [5, 5.41) is 0. The normalized spacial score (nSPS) is 12.1. The molecule has 2 aromatic rings. The van der Waals surface area contributed by atoms with Crippen LogP contribution in [0, 0.1) is 0 Å². The van der Waals surface area contributed by atoms with Crippen LogP contribution in [0.5, 0.6) is 0 Å². The van der Waals surface area contributed by atoms with Crippen LogP contribution in [0.25, 0.3) is 12.2 Å². The van der Waals surface area contributed by atoms with E-state index < -0.39 is 0 Å². The number of carbonyl (C=O) groups is 2. The van der Waals surface area contributed by atoms with Gasteiger partial charge in [-0.3, -0.25) is 4.79 Å². The van der Waals surface area contributed by atoms with Crippen molar-refractivity contribution in [1.82, 2.24) is 0 Å². The largest absolute Gasteiger partial charge is 0.464 e. The van der Waals surface area contributed by atoms with Crippen molar-refractivity contribution in [2.45, 2.75) is 19.4 Å². The molecule has 1 atom stereocenters. The molecule has 1 heterocycles. The zero-order valence-corrected chi connectivity index (χ0v) is 13.3. The van der Waals surface area contributed by atoms with Crippen molar-refractivity contribution in [3.63, 3.8) is 0 Å². The Bertz CT molecular complexity index is 688. The van der Waals surface area contributed by atoms with Gasteiger partial charge in [-0.1, -0.05) is 43.3 Å². The standard InChI is InChI=1S/C19H20NO3/c1-3-18(19(22)23-2)20-12-10-16(11-13-20)5-4-15-6-8-17(14-21)9-7-15/h4-14,18H,3H2,1-2H3/q+1/b5-4+. The van der Waals surface area contributed by atoms with Gasteiger partial charge in [0.2, 0.25) is 0 Å². The van der Waals surface area contributed by atoms with Gasteiger partial charge in [0.1, 0.15) is 6.29 Å². The molecule has 0 fully saturated rings. The summed E-state index contributed by atoms with van der Waals surface area (Å²) in [6, 6.07) is 11.0. The molecule has 0 aliphatic rings. The van der Waals surface area contributed by atoms with Gasteiger partial charge in [0.25, 0.3) is 6.04 Å². The van der Waals surface area contributed by atoms with Crippen LogP contribution >= 0.6 is 0 Å². The Hall–Kier alpha value is -2.75. The lowest BCUT2D eigenvalue weighted by atomic mass is 10.1. The Morgan fingerprint density at radius 1 is 1.04 bits per heavy atom. The minimum absolute atomic E-state index is 0.240. The second-order valence-corrected chi connectivity index (χ2v) is 5.14. The van der Waals surface area contributed by atoms with Gasteiger partial charge in [-0.05, 0) is 11.1 Å². The Labute approximate surface area is 136 Å². The highest BCUT2D eigenvalue weighted by molar-refractivity contribution is 5.76. The predicted molar refractivity (Wildman–Crippen MR) is 88.7 cm³/mol. The van der Waals surface area contributed by atoms with Gasteiger partial charge in [-0.15, -0.1) is 0 Å². The van der Waals surface area contributed by atoms with E-state index in [-0.39, 0.29) is 12.0 Å². The molecule has 23 heavy (non-hydrogen) atoms. The van der Waals surface area contributed by atoms with Crippen molar-refractivity contribution >= 4 is 24.4 Å². The topological polar surface area (TPSA) is 47.2 Å². The van der Waals surface area contributed by atoms with Crippen molar-refractivity contribution < 1.29 is 18.9 Å². The molecule has 0 aliphatic heterocycles. The molecular formula is C19H20NO3+. The van der Waals surface area contributed by atoms with Gasteiger partial charge in [0.05, 0.1) is 7.11 Å². The summed E-state index contributed by atoms with van der Waals surface area (Å²) in [6.07, 6.45) is 9.22. The molecule has 0 radical (unpaired) electrons. The number of pyridine rings is 1. The smallest absolute Gasteiger partial charge is 0.375 e. The average Bonchev–Trinajstić information content (AvgIpc) is 2.61. The molecule has 2 rings (SSSR count). The van der Waals surface area contributed by atoms with Gasteiger partial charge in [-0.25, -0.2) is 4.79 Å². The van der Waals surface area contributed by atoms with E-state index in [4.69, 9.17) is 4.74 Å². The summed E-state index contributed by atoms with van der Waals surface area (Å²) >= 11 is 0. The van der Waals surface area contributed by atoms with E-state index in [1.165, 1.54) is 7.11 Å². The van der Waals surface area contributed by atoms with Crippen LogP contribution in [0.3, 0.4) is 0 Å². The van der Waals surface area contributed by atoms with Crippen LogP contribution in [0.1, 0.15) is 40.9 Å². The van der Waals surface area contributed by atoms with Gasteiger partial charge in [-0.2, -0.15) is 4.57 Å². The fourth-order valence-electron chi connectivity index (χ4n) is 2.28. The summed E-state index contributed by atoms with van der Waals surface area (Å²) in [7, 11) is 1.40. The highest BCUT2D eigenvalue weighted by Crippen LogP contribution is 2.10. The van der Waals surface area contributed by atoms with E-state index in [1.807, 2.05) is 60.3 Å². The molecule has 1 unspecified atom stereocenters. The summed E-state index contributed by atoms with van der Waals surface area (Å²) in [5.41, 5.74) is 2.71. The number of carbonyl (C=O) groups excluding carboxylic acids is 2. The van der Waals surface area contributed by atoms with Gasteiger partial charge < -0.3 is 4.74 Å². The van der Waals surface area contributed by atoms with Gasteiger partial charge in [0, 0.05) is 24.1 Å². The average molecular weight is 310 g/mol. The maximum atomic E-state index is 11.7. The summed E-state index contributed by atoms with van der Waals surface area (Å²) in [6.45, 7) is 1.95. The van der Waals surface area contributed by atoms with E-state index in [0.717, 1.165) is 17.4 Å². The molecule has 4 nitrogen and oxygen atoms in total. The molecule has 0 bridgehead atoms. The number of hydrogen-bond acceptors (Lipinski definition) is 3. The minimum Gasteiger partial charge on any atom is -0.464 e. The first kappa shape index (κ1) is 16.6. The summed E-state index contributed by atoms with van der Waals surface area (Å²) in [4.78, 5) is 22.3. The lowest BCUT2D eigenvalue weighted by Crippen LogP contribution is -2.43. The van der Waals surface area contributed by atoms with Crippen LogP contribution in [0.15, 0.2) is 48.8 Å². The molecule has 0 saturated heterocycles. The third kappa shape index (κ3) is 4.36.